The van der Waals surface area contributed by atoms with Gasteiger partial charge in [0.05, 0.1) is 31.6 Å². The Kier molecular flexibility index (Phi) is 10.3. The highest BCUT2D eigenvalue weighted by Crippen LogP contribution is 2.40. The van der Waals surface area contributed by atoms with Crippen LogP contribution in [0.25, 0.3) is 0 Å². The first-order valence-electron chi connectivity index (χ1n) is 13.9. The van der Waals surface area contributed by atoms with Gasteiger partial charge in [0.1, 0.15) is 11.8 Å². The number of aromatic nitrogens is 3. The summed E-state index contributed by atoms with van der Waals surface area (Å²) in [7, 11) is 1.62. The molecule has 0 aliphatic carbocycles. The van der Waals surface area contributed by atoms with Crippen molar-refractivity contribution in [1.29, 1.82) is 0 Å². The molecule has 2 heterocycles. The van der Waals surface area contributed by atoms with Crippen molar-refractivity contribution in [2.75, 3.05) is 36.7 Å². The molecule has 1 aliphatic heterocycles. The lowest BCUT2D eigenvalue weighted by Crippen LogP contribution is -2.31. The normalized spacial score (nSPS) is 14.4. The van der Waals surface area contributed by atoms with Crippen molar-refractivity contribution < 1.29 is 19.0 Å². The van der Waals surface area contributed by atoms with Gasteiger partial charge in [-0.05, 0) is 56.5 Å². The number of fused-ring (bicyclic) bond motifs is 1. The average molecular weight is 566 g/mol. The molecule has 0 saturated carbocycles. The monoisotopic (exact) mass is 565 g/mol. The summed E-state index contributed by atoms with van der Waals surface area (Å²) in [6, 6.07) is 12.7. The summed E-state index contributed by atoms with van der Waals surface area (Å²) in [6.45, 7) is 9.19. The second-order valence-electron chi connectivity index (χ2n) is 9.43. The Bertz CT molecular complexity index is 1340. The van der Waals surface area contributed by atoms with E-state index in [0.717, 1.165) is 37.0 Å². The number of unbranched alkanes of at least 4 members (excludes halogenated alkanes) is 2. The van der Waals surface area contributed by atoms with Crippen LogP contribution in [0.3, 0.4) is 0 Å². The number of para-hydroxylation sites is 2. The fraction of sp³-hybridized carbons (Fsp3) is 0.433. The number of hydrogen-bond donors (Lipinski definition) is 2. The Hall–Kier alpha value is -3.66. The van der Waals surface area contributed by atoms with E-state index in [1.54, 1.807) is 23.6 Å². The van der Waals surface area contributed by atoms with E-state index in [2.05, 4.69) is 24.5 Å². The quantitative estimate of drug-likeness (QED) is 0.165. The molecule has 0 spiro atoms. The molecule has 1 atom stereocenters. The number of methoxy groups -OCH3 is 1. The predicted molar refractivity (Wildman–Crippen MR) is 160 cm³/mol. The van der Waals surface area contributed by atoms with Gasteiger partial charge in [-0.15, -0.1) is 5.10 Å². The third kappa shape index (κ3) is 6.72. The van der Waals surface area contributed by atoms with Crippen LogP contribution in [0.15, 0.2) is 58.9 Å². The fourth-order valence-electron chi connectivity index (χ4n) is 4.44. The zero-order valence-electron chi connectivity index (χ0n) is 24.0. The lowest BCUT2D eigenvalue weighted by atomic mass is 9.94. The largest absolute Gasteiger partial charge is 0.493 e. The van der Waals surface area contributed by atoms with Gasteiger partial charge in [0.15, 0.2) is 11.5 Å². The maximum Gasteiger partial charge on any atom is 0.255 e. The molecule has 0 radical (unpaired) electrons. The van der Waals surface area contributed by atoms with Gasteiger partial charge in [-0.1, -0.05) is 56.7 Å². The van der Waals surface area contributed by atoms with Gasteiger partial charge < -0.3 is 24.8 Å². The van der Waals surface area contributed by atoms with Crippen LogP contribution in [0.2, 0.25) is 0 Å². The van der Waals surface area contributed by atoms with E-state index in [-0.39, 0.29) is 5.91 Å². The van der Waals surface area contributed by atoms with Crippen molar-refractivity contribution in [3.63, 3.8) is 0 Å². The first-order valence-corrected chi connectivity index (χ1v) is 14.9. The fourth-order valence-corrected chi connectivity index (χ4v) is 5.36. The SMILES string of the molecule is CCCCOc1ccc(C2C(C(=O)Nc3ccccc3OCC)=C(C)Nc3nc(SCCCC)nn32)cc1OC. The summed E-state index contributed by atoms with van der Waals surface area (Å²) in [5.74, 6) is 3.14. The molecule has 0 saturated heterocycles. The molecule has 3 aromatic rings. The number of rotatable bonds is 14. The number of carbonyl (C=O) groups is 1. The Morgan fingerprint density at radius 1 is 1.05 bits per heavy atom. The van der Waals surface area contributed by atoms with Gasteiger partial charge in [0.2, 0.25) is 11.1 Å². The van der Waals surface area contributed by atoms with Crippen molar-refractivity contribution in [2.24, 2.45) is 0 Å². The maximum atomic E-state index is 14.0. The molecule has 4 rings (SSSR count). The number of allylic oxidation sites excluding steroid dienone is 1. The van der Waals surface area contributed by atoms with Crippen molar-refractivity contribution in [3.8, 4) is 17.2 Å². The minimum absolute atomic E-state index is 0.259. The van der Waals surface area contributed by atoms with Crippen LogP contribution in [0.5, 0.6) is 17.2 Å². The van der Waals surface area contributed by atoms with E-state index in [0.29, 0.717) is 58.5 Å². The molecular weight excluding hydrogens is 526 g/mol. The smallest absolute Gasteiger partial charge is 0.255 e. The zero-order chi connectivity index (χ0) is 28.5. The number of thioether (sulfide) groups is 1. The van der Waals surface area contributed by atoms with Gasteiger partial charge >= 0.3 is 0 Å². The zero-order valence-corrected chi connectivity index (χ0v) is 24.8. The van der Waals surface area contributed by atoms with Crippen molar-refractivity contribution >= 4 is 29.3 Å². The van der Waals surface area contributed by atoms with Crippen molar-refractivity contribution in [1.82, 2.24) is 14.8 Å². The lowest BCUT2D eigenvalue weighted by molar-refractivity contribution is -0.113. The average Bonchev–Trinajstić information content (AvgIpc) is 3.36. The highest BCUT2D eigenvalue weighted by molar-refractivity contribution is 7.99. The predicted octanol–water partition coefficient (Wildman–Crippen LogP) is 6.68. The van der Waals surface area contributed by atoms with Gasteiger partial charge in [-0.25, -0.2) is 4.68 Å². The Morgan fingerprint density at radius 2 is 1.85 bits per heavy atom. The molecule has 1 unspecified atom stereocenters. The second kappa shape index (κ2) is 14.1. The van der Waals surface area contributed by atoms with Gasteiger partial charge in [-0.2, -0.15) is 4.98 Å². The van der Waals surface area contributed by atoms with Crippen LogP contribution in [0.1, 0.15) is 65.0 Å². The van der Waals surface area contributed by atoms with E-state index in [1.165, 1.54) is 0 Å². The van der Waals surface area contributed by atoms with E-state index in [4.69, 9.17) is 24.3 Å². The third-order valence-corrected chi connectivity index (χ3v) is 7.42. The molecule has 0 fully saturated rings. The van der Waals surface area contributed by atoms with Crippen LogP contribution in [0.4, 0.5) is 11.6 Å². The van der Waals surface area contributed by atoms with E-state index in [9.17, 15) is 4.79 Å². The highest BCUT2D eigenvalue weighted by Gasteiger charge is 2.35. The van der Waals surface area contributed by atoms with Crippen LogP contribution < -0.4 is 24.8 Å². The topological polar surface area (TPSA) is 99.5 Å². The maximum absolute atomic E-state index is 14.0. The molecular formula is C30H39N5O4S. The number of benzene rings is 2. The number of ether oxygens (including phenoxy) is 3. The van der Waals surface area contributed by atoms with Crippen LogP contribution in [-0.2, 0) is 4.79 Å². The van der Waals surface area contributed by atoms with Crippen LogP contribution in [-0.4, -0.2) is 46.7 Å². The summed E-state index contributed by atoms with van der Waals surface area (Å²) in [5, 5.41) is 11.9. The number of amides is 1. The van der Waals surface area contributed by atoms with Gasteiger partial charge in [0.25, 0.3) is 5.91 Å². The molecule has 1 aliphatic rings. The van der Waals surface area contributed by atoms with E-state index >= 15 is 0 Å². The van der Waals surface area contributed by atoms with E-state index < -0.39 is 6.04 Å². The minimum Gasteiger partial charge on any atom is -0.493 e. The van der Waals surface area contributed by atoms with E-state index in [1.807, 2.05) is 56.3 Å². The molecule has 1 aromatic heterocycles. The summed E-state index contributed by atoms with van der Waals surface area (Å²) >= 11 is 1.61. The molecule has 0 bridgehead atoms. The van der Waals surface area contributed by atoms with Crippen molar-refractivity contribution in [2.45, 2.75) is 64.6 Å². The van der Waals surface area contributed by atoms with Crippen LogP contribution in [0, 0.1) is 0 Å². The summed E-state index contributed by atoms with van der Waals surface area (Å²) in [4.78, 5) is 18.7. The molecule has 2 N–H and O–H groups in total. The summed E-state index contributed by atoms with van der Waals surface area (Å²) in [5.41, 5.74) is 2.66. The standard InChI is InChI=1S/C30H39N5O4S/c1-6-9-17-39-24-16-15-21(19-25(24)37-5)27-26(28(36)32-22-13-11-12-14-23(22)38-8-3)20(4)31-29-33-30(34-35(27)29)40-18-10-7-2/h11-16,19,27H,6-10,17-18H2,1-5H3,(H,32,36)(H,31,33,34). The van der Waals surface area contributed by atoms with Gasteiger partial charge in [0, 0.05) is 11.4 Å². The lowest BCUT2D eigenvalue weighted by Gasteiger charge is -2.29. The summed E-state index contributed by atoms with van der Waals surface area (Å²) in [6.07, 6.45) is 4.17. The molecule has 2 aromatic carbocycles. The van der Waals surface area contributed by atoms with Crippen molar-refractivity contribution in [3.05, 3.63) is 59.3 Å². The Morgan fingerprint density at radius 3 is 2.60 bits per heavy atom. The van der Waals surface area contributed by atoms with Crippen LogP contribution >= 0.6 is 11.8 Å². The molecule has 40 heavy (non-hydrogen) atoms. The number of anilines is 2. The molecule has 9 nitrogen and oxygen atoms in total. The molecule has 1 amide bonds. The third-order valence-electron chi connectivity index (χ3n) is 6.50. The van der Waals surface area contributed by atoms with Gasteiger partial charge in [-0.3, -0.25) is 4.79 Å². The first kappa shape index (κ1) is 29.3. The first-order chi connectivity index (χ1) is 19.5. The number of nitrogens with zero attached hydrogens (tertiary/aromatic N) is 3. The molecule has 214 valence electrons. The highest BCUT2D eigenvalue weighted by atomic mass is 32.2. The summed E-state index contributed by atoms with van der Waals surface area (Å²) < 4.78 is 19.2. The molecule has 10 heteroatoms. The number of nitrogens with one attached hydrogen (secondary N) is 2. The number of carbonyl (C=O) groups excluding carboxylic acids is 1. The number of hydrogen-bond acceptors (Lipinski definition) is 8. The Balaban J connectivity index is 1.74. The second-order valence-corrected chi connectivity index (χ2v) is 10.5. The Labute approximate surface area is 240 Å². The minimum atomic E-state index is -0.540.